The molecule has 0 saturated heterocycles. The number of H-pyrrole nitrogens is 1. The van der Waals surface area contributed by atoms with E-state index in [-0.39, 0.29) is 32.0 Å². The second-order valence-corrected chi connectivity index (χ2v) is 11.4. The minimum absolute atomic E-state index is 0.0398. The fraction of sp³-hybridized carbons (Fsp3) is 0.237. The van der Waals surface area contributed by atoms with Gasteiger partial charge in [-0.1, -0.05) is 73.7 Å². The topological polar surface area (TPSA) is 130 Å². The lowest BCUT2D eigenvalue weighted by Gasteiger charge is -2.30. The Morgan fingerprint density at radius 1 is 0.816 bits per heavy atom. The van der Waals surface area contributed by atoms with E-state index < -0.39 is 18.0 Å². The molecule has 0 spiro atoms. The minimum Gasteiger partial charge on any atom is -0.489 e. The molecule has 1 unspecified atom stereocenters. The van der Waals surface area contributed by atoms with Crippen molar-refractivity contribution in [2.24, 2.45) is 0 Å². The lowest BCUT2D eigenvalue weighted by atomic mass is 10.1. The van der Waals surface area contributed by atoms with Crippen LogP contribution in [0.2, 0.25) is 0 Å². The van der Waals surface area contributed by atoms with Crippen molar-refractivity contribution in [2.75, 3.05) is 18.0 Å². The fourth-order valence-electron chi connectivity index (χ4n) is 5.20. The zero-order valence-electron chi connectivity index (χ0n) is 27.4. The number of hydrogen-bond acceptors (Lipinski definition) is 7. The summed E-state index contributed by atoms with van der Waals surface area (Å²) in [5, 5.41) is 2.74. The largest absolute Gasteiger partial charge is 0.489 e. The van der Waals surface area contributed by atoms with E-state index in [1.807, 2.05) is 104 Å². The number of aromatic nitrogens is 3. The summed E-state index contributed by atoms with van der Waals surface area (Å²) in [4.78, 5) is 55.7. The molecule has 3 aromatic carbocycles. The summed E-state index contributed by atoms with van der Waals surface area (Å²) < 4.78 is 11.4. The van der Waals surface area contributed by atoms with Crippen molar-refractivity contribution in [1.82, 2.24) is 25.2 Å². The minimum atomic E-state index is -1.05. The molecule has 0 bridgehead atoms. The smallest absolute Gasteiger partial charge is 0.408 e. The molecule has 5 rings (SSSR count). The highest BCUT2D eigenvalue weighted by atomic mass is 16.5. The molecule has 0 saturated carbocycles. The Labute approximate surface area is 285 Å². The average molecular weight is 661 g/mol. The predicted molar refractivity (Wildman–Crippen MR) is 185 cm³/mol. The Morgan fingerprint density at radius 3 is 2.22 bits per heavy atom. The monoisotopic (exact) mass is 660 g/mol. The van der Waals surface area contributed by atoms with Crippen molar-refractivity contribution < 1.29 is 23.9 Å². The Hall–Kier alpha value is -5.97. The zero-order chi connectivity index (χ0) is 34.3. The number of aromatic amines is 1. The van der Waals surface area contributed by atoms with Crippen LogP contribution in [0.5, 0.6) is 5.75 Å². The van der Waals surface area contributed by atoms with Gasteiger partial charge in [0.25, 0.3) is 0 Å². The molecule has 0 aliphatic heterocycles. The van der Waals surface area contributed by atoms with E-state index in [9.17, 15) is 14.4 Å². The standard InChI is InChI=1S/C38H40N6O5/c1-2-20-44(33-13-7-4-8-14-33)36(45)25-43(24-29-15-17-34(18-16-29)48-27-31-12-9-19-39-22-31)37(46)35(21-32-23-40-28-41-32)42-38(47)49-26-30-10-5-3-6-11-30/h3-19,22-23,28,35H,2,20-21,24-27H2,1H3,(H,40,41)(H,42,47). The van der Waals surface area contributed by atoms with Crippen molar-refractivity contribution in [3.05, 3.63) is 144 Å². The number of rotatable bonds is 16. The van der Waals surface area contributed by atoms with Crippen LogP contribution in [0.15, 0.2) is 122 Å². The summed E-state index contributed by atoms with van der Waals surface area (Å²) in [6.45, 7) is 2.78. The van der Waals surface area contributed by atoms with Crippen LogP contribution in [0.1, 0.15) is 35.7 Å². The highest BCUT2D eigenvalue weighted by Crippen LogP contribution is 2.19. The summed E-state index contributed by atoms with van der Waals surface area (Å²) in [7, 11) is 0. The number of nitrogens with zero attached hydrogens (tertiary/aromatic N) is 4. The third kappa shape index (κ3) is 10.5. The molecule has 0 radical (unpaired) electrons. The Bertz CT molecular complexity index is 1740. The van der Waals surface area contributed by atoms with E-state index in [0.29, 0.717) is 24.6 Å². The number of hydrogen-bond donors (Lipinski definition) is 2. The summed E-state index contributed by atoms with van der Waals surface area (Å²) in [5.74, 6) is -0.0366. The van der Waals surface area contributed by atoms with Crippen LogP contribution in [0.3, 0.4) is 0 Å². The fourth-order valence-corrected chi connectivity index (χ4v) is 5.20. The van der Waals surface area contributed by atoms with E-state index >= 15 is 0 Å². The molecule has 49 heavy (non-hydrogen) atoms. The van der Waals surface area contributed by atoms with Gasteiger partial charge in [-0.3, -0.25) is 14.6 Å². The lowest BCUT2D eigenvalue weighted by Crippen LogP contribution is -2.52. The number of para-hydroxylation sites is 1. The number of imidazole rings is 1. The van der Waals surface area contributed by atoms with E-state index in [4.69, 9.17) is 9.47 Å². The SMILES string of the molecule is CCCN(C(=O)CN(Cc1ccc(OCc2cccnc2)cc1)C(=O)C(Cc1cnc[nH]1)NC(=O)OCc1ccccc1)c1ccccc1. The summed E-state index contributed by atoms with van der Waals surface area (Å²) in [6, 6.07) is 28.8. The second-order valence-electron chi connectivity index (χ2n) is 11.4. The molecule has 2 aromatic heterocycles. The molecule has 252 valence electrons. The molecule has 0 aliphatic carbocycles. The molecule has 1 atom stereocenters. The molecule has 11 nitrogen and oxygen atoms in total. The van der Waals surface area contributed by atoms with Crippen LogP contribution in [-0.2, 0) is 40.5 Å². The average Bonchev–Trinajstić information content (AvgIpc) is 3.66. The highest BCUT2D eigenvalue weighted by molar-refractivity contribution is 5.97. The van der Waals surface area contributed by atoms with Gasteiger partial charge >= 0.3 is 6.09 Å². The van der Waals surface area contributed by atoms with E-state index in [0.717, 1.165) is 28.8 Å². The number of amides is 3. The first-order valence-electron chi connectivity index (χ1n) is 16.2. The third-order valence-electron chi connectivity index (χ3n) is 7.66. The van der Waals surface area contributed by atoms with Gasteiger partial charge in [0, 0.05) is 55.0 Å². The molecule has 2 heterocycles. The summed E-state index contributed by atoms with van der Waals surface area (Å²) >= 11 is 0. The second kappa shape index (κ2) is 17.8. The maximum Gasteiger partial charge on any atom is 0.408 e. The van der Waals surface area contributed by atoms with Gasteiger partial charge in [0.15, 0.2) is 0 Å². The van der Waals surface area contributed by atoms with Gasteiger partial charge in [-0.15, -0.1) is 0 Å². The molecule has 5 aromatic rings. The molecule has 0 fully saturated rings. The molecule has 2 N–H and O–H groups in total. The molecule has 3 amide bonds. The van der Waals surface area contributed by atoms with Gasteiger partial charge in [0.1, 0.15) is 31.5 Å². The van der Waals surface area contributed by atoms with Crippen LogP contribution in [-0.4, -0.2) is 56.9 Å². The van der Waals surface area contributed by atoms with Crippen molar-refractivity contribution >= 4 is 23.6 Å². The Balaban J connectivity index is 1.36. The van der Waals surface area contributed by atoms with Crippen molar-refractivity contribution in [3.8, 4) is 5.75 Å². The number of alkyl carbamates (subject to hydrolysis) is 1. The van der Waals surface area contributed by atoms with Crippen molar-refractivity contribution in [2.45, 2.75) is 45.6 Å². The summed E-state index contributed by atoms with van der Waals surface area (Å²) in [5.41, 5.74) is 3.91. The van der Waals surface area contributed by atoms with Gasteiger partial charge in [-0.05, 0) is 47.9 Å². The third-order valence-corrected chi connectivity index (χ3v) is 7.66. The molecular weight excluding hydrogens is 620 g/mol. The van der Waals surface area contributed by atoms with Gasteiger partial charge in [0.05, 0.1) is 6.33 Å². The van der Waals surface area contributed by atoms with Crippen molar-refractivity contribution in [3.63, 3.8) is 0 Å². The van der Waals surface area contributed by atoms with Crippen LogP contribution in [0.25, 0.3) is 0 Å². The van der Waals surface area contributed by atoms with Gasteiger partial charge in [0.2, 0.25) is 11.8 Å². The van der Waals surface area contributed by atoms with E-state index in [2.05, 4.69) is 20.3 Å². The Morgan fingerprint density at radius 2 is 1.55 bits per heavy atom. The van der Waals surface area contributed by atoms with Gasteiger partial charge < -0.3 is 29.6 Å². The maximum absolute atomic E-state index is 14.4. The van der Waals surface area contributed by atoms with E-state index in [1.54, 1.807) is 23.5 Å². The predicted octanol–water partition coefficient (Wildman–Crippen LogP) is 5.69. The normalized spacial score (nSPS) is 11.3. The van der Waals surface area contributed by atoms with Crippen LogP contribution < -0.4 is 15.0 Å². The number of benzene rings is 3. The number of nitrogens with one attached hydrogen (secondary N) is 2. The molecule has 11 heteroatoms. The molecular formula is C38H40N6O5. The zero-order valence-corrected chi connectivity index (χ0v) is 27.4. The quantitative estimate of drug-likeness (QED) is 0.139. The van der Waals surface area contributed by atoms with Crippen LogP contribution in [0.4, 0.5) is 10.5 Å². The number of carbonyl (C=O) groups excluding carboxylic acids is 3. The number of anilines is 1. The van der Waals surface area contributed by atoms with Crippen molar-refractivity contribution in [1.29, 1.82) is 0 Å². The molecule has 0 aliphatic rings. The number of ether oxygens (including phenoxy) is 2. The first-order chi connectivity index (χ1) is 24.0. The number of pyridine rings is 1. The highest BCUT2D eigenvalue weighted by Gasteiger charge is 2.30. The van der Waals surface area contributed by atoms with Crippen LogP contribution in [0, 0.1) is 0 Å². The maximum atomic E-state index is 14.4. The number of carbonyl (C=O) groups is 3. The van der Waals surface area contributed by atoms with Gasteiger partial charge in [-0.25, -0.2) is 9.78 Å². The van der Waals surface area contributed by atoms with Gasteiger partial charge in [-0.2, -0.15) is 0 Å². The van der Waals surface area contributed by atoms with Crippen LogP contribution >= 0.6 is 0 Å². The summed E-state index contributed by atoms with van der Waals surface area (Å²) in [6.07, 6.45) is 6.65. The Kier molecular flexibility index (Phi) is 12.5. The first kappa shape index (κ1) is 34.4. The first-order valence-corrected chi connectivity index (χ1v) is 16.2. The lowest BCUT2D eigenvalue weighted by molar-refractivity contribution is -0.137. The van der Waals surface area contributed by atoms with E-state index in [1.165, 1.54) is 11.2 Å².